The number of aromatic nitrogens is 2. The van der Waals surface area contributed by atoms with Crippen LogP contribution in [0.3, 0.4) is 0 Å². The Balaban J connectivity index is 0.00000256. The van der Waals surface area contributed by atoms with Crippen molar-refractivity contribution in [2.45, 2.75) is 19.4 Å². The van der Waals surface area contributed by atoms with Gasteiger partial charge < -0.3 is 9.97 Å². The Hall–Kier alpha value is -3.04. The highest BCUT2D eigenvalue weighted by Crippen LogP contribution is 2.25. The number of non-ortho nitro benzene ring substituents is 1. The first kappa shape index (κ1) is 21.7. The normalized spacial score (nSPS) is 14.3. The van der Waals surface area contributed by atoms with E-state index >= 15 is 0 Å². The minimum Gasteiger partial charge on any atom is -0.316 e. The molecule has 0 bridgehead atoms. The predicted molar refractivity (Wildman–Crippen MR) is 121 cm³/mol. The monoisotopic (exact) mass is 472 g/mol. The number of nitrogens with one attached hydrogen (secondary N) is 2. The highest BCUT2D eigenvalue weighted by molar-refractivity contribution is 8.93. The number of rotatable bonds is 4. The maximum Gasteiger partial charge on any atom is 0.314 e. The largest absolute Gasteiger partial charge is 0.316 e. The maximum absolute atomic E-state index is 11.8. The molecule has 0 unspecified atom stereocenters. The van der Waals surface area contributed by atoms with Crippen LogP contribution in [0.5, 0.6) is 0 Å². The topological polar surface area (TPSA) is 112 Å². The van der Waals surface area contributed by atoms with E-state index in [-0.39, 0.29) is 28.2 Å². The number of fused-ring (bicyclic) bond motifs is 1. The minimum absolute atomic E-state index is 0. The molecule has 1 saturated heterocycles. The van der Waals surface area contributed by atoms with E-state index in [2.05, 4.69) is 33.1 Å². The molecule has 9 heteroatoms. The first-order valence-electron chi connectivity index (χ1n) is 9.40. The Kier molecular flexibility index (Phi) is 6.63. The summed E-state index contributed by atoms with van der Waals surface area (Å²) in [5.41, 5.74) is 2.18. The molecule has 2 N–H and O–H groups in total. The molecule has 0 spiro atoms. The van der Waals surface area contributed by atoms with Crippen LogP contribution in [0, 0.1) is 10.1 Å². The maximum atomic E-state index is 11.8. The summed E-state index contributed by atoms with van der Waals surface area (Å²) in [6.45, 7) is 2.09. The molecule has 30 heavy (non-hydrogen) atoms. The minimum atomic E-state index is -0.822. The van der Waals surface area contributed by atoms with Crippen LogP contribution in [0.1, 0.15) is 24.0 Å². The van der Waals surface area contributed by atoms with Crippen LogP contribution in [0.4, 0.5) is 5.69 Å². The third kappa shape index (κ3) is 4.74. The Morgan fingerprint density at radius 2 is 1.70 bits per heavy atom. The van der Waals surface area contributed by atoms with Gasteiger partial charge in [0.1, 0.15) is 0 Å². The lowest BCUT2D eigenvalue weighted by atomic mass is 10.00. The van der Waals surface area contributed by atoms with Crippen LogP contribution >= 0.6 is 17.0 Å². The van der Waals surface area contributed by atoms with E-state index in [1.54, 1.807) is 0 Å². The summed E-state index contributed by atoms with van der Waals surface area (Å²) < 4.78 is 0. The number of nitro benzene ring substituents is 1. The zero-order valence-electron chi connectivity index (χ0n) is 16.1. The summed E-state index contributed by atoms with van der Waals surface area (Å²) in [4.78, 5) is 41.4. The fourth-order valence-corrected chi connectivity index (χ4v) is 3.68. The molecule has 4 rings (SSSR count). The van der Waals surface area contributed by atoms with Crippen molar-refractivity contribution < 1.29 is 4.92 Å². The number of nitro groups is 1. The van der Waals surface area contributed by atoms with Gasteiger partial charge in [0.2, 0.25) is 0 Å². The number of piperidine rings is 1. The zero-order valence-corrected chi connectivity index (χ0v) is 17.8. The lowest BCUT2D eigenvalue weighted by Crippen LogP contribution is -2.32. The zero-order chi connectivity index (χ0) is 20.4. The van der Waals surface area contributed by atoms with Crippen LogP contribution in [0.25, 0.3) is 17.1 Å². The van der Waals surface area contributed by atoms with Crippen LogP contribution < -0.4 is 11.1 Å². The Labute approximate surface area is 182 Å². The van der Waals surface area contributed by atoms with E-state index in [1.807, 2.05) is 18.2 Å². The molecule has 2 heterocycles. The molecule has 0 atom stereocenters. The highest BCUT2D eigenvalue weighted by atomic mass is 79.9. The standard InChI is InChI=1S/C21H20N4O4.BrH/c26-20-21(27)23-19-16(11-17(25(28)29)12-18(19)22-20)13-24-8-6-15(7-9-24)10-14-4-2-1-3-5-14;/h1-5,10-12H,6-9,13H2,(H,22,26)(H,23,27);1H. The van der Waals surface area contributed by atoms with Crippen LogP contribution in [0.2, 0.25) is 0 Å². The quantitative estimate of drug-likeness (QED) is 0.343. The first-order chi connectivity index (χ1) is 14.0. The molecule has 1 aromatic heterocycles. The van der Waals surface area contributed by atoms with E-state index in [0.717, 1.165) is 25.9 Å². The van der Waals surface area contributed by atoms with Crippen molar-refractivity contribution in [2.75, 3.05) is 13.1 Å². The van der Waals surface area contributed by atoms with E-state index in [4.69, 9.17) is 0 Å². The van der Waals surface area contributed by atoms with Crippen molar-refractivity contribution in [3.63, 3.8) is 0 Å². The molecule has 8 nitrogen and oxygen atoms in total. The molecule has 2 aromatic carbocycles. The van der Waals surface area contributed by atoms with Gasteiger partial charge in [-0.15, -0.1) is 17.0 Å². The lowest BCUT2D eigenvalue weighted by molar-refractivity contribution is -0.384. The molecule has 1 aliphatic rings. The average Bonchev–Trinajstić information content (AvgIpc) is 2.71. The summed E-state index contributed by atoms with van der Waals surface area (Å²) in [5.74, 6) is 0. The summed E-state index contributed by atoms with van der Waals surface area (Å²) in [6.07, 6.45) is 4.03. The van der Waals surface area contributed by atoms with E-state index < -0.39 is 16.0 Å². The van der Waals surface area contributed by atoms with E-state index in [1.165, 1.54) is 23.3 Å². The number of benzene rings is 2. The second kappa shape index (κ2) is 9.19. The van der Waals surface area contributed by atoms with E-state index in [0.29, 0.717) is 17.6 Å². The van der Waals surface area contributed by atoms with Gasteiger partial charge in [-0.05, 0) is 24.0 Å². The van der Waals surface area contributed by atoms with Gasteiger partial charge in [-0.1, -0.05) is 42.0 Å². The van der Waals surface area contributed by atoms with Gasteiger partial charge in [0.05, 0.1) is 16.0 Å². The van der Waals surface area contributed by atoms with Crippen molar-refractivity contribution in [1.82, 2.24) is 14.9 Å². The fourth-order valence-electron chi connectivity index (χ4n) is 3.68. The molecule has 3 aromatic rings. The number of hydrogen-bond acceptors (Lipinski definition) is 5. The number of nitrogens with zero attached hydrogens (tertiary/aromatic N) is 2. The summed E-state index contributed by atoms with van der Waals surface area (Å²) >= 11 is 0. The van der Waals surface area contributed by atoms with Gasteiger partial charge in [-0.3, -0.25) is 24.6 Å². The predicted octanol–water partition coefficient (Wildman–Crippen LogP) is 3.38. The molecule has 1 fully saturated rings. The second-order valence-corrected chi connectivity index (χ2v) is 7.18. The van der Waals surface area contributed by atoms with Crippen molar-refractivity contribution >= 4 is 39.8 Å². The molecule has 156 valence electrons. The third-order valence-corrected chi connectivity index (χ3v) is 5.17. The highest BCUT2D eigenvalue weighted by Gasteiger charge is 2.19. The van der Waals surface area contributed by atoms with E-state index in [9.17, 15) is 19.7 Å². The second-order valence-electron chi connectivity index (χ2n) is 7.18. The van der Waals surface area contributed by atoms with Gasteiger partial charge in [0.15, 0.2) is 0 Å². The fraction of sp³-hybridized carbons (Fsp3) is 0.238. The van der Waals surface area contributed by atoms with Crippen LogP contribution in [-0.2, 0) is 6.54 Å². The Bertz CT molecular complexity index is 1210. The smallest absolute Gasteiger partial charge is 0.314 e. The average molecular weight is 473 g/mol. The number of hydrogen-bond donors (Lipinski definition) is 2. The van der Waals surface area contributed by atoms with Gasteiger partial charge >= 0.3 is 11.1 Å². The summed E-state index contributed by atoms with van der Waals surface area (Å²) in [6, 6.07) is 12.9. The van der Waals surface area contributed by atoms with Crippen molar-refractivity contribution in [3.8, 4) is 0 Å². The van der Waals surface area contributed by atoms with Gasteiger partial charge in [0, 0.05) is 31.8 Å². The number of halogens is 1. The van der Waals surface area contributed by atoms with Gasteiger partial charge in [0.25, 0.3) is 5.69 Å². The van der Waals surface area contributed by atoms with Crippen LogP contribution in [0.15, 0.2) is 57.6 Å². The molecule has 0 amide bonds. The van der Waals surface area contributed by atoms with Crippen molar-refractivity contribution in [1.29, 1.82) is 0 Å². The third-order valence-electron chi connectivity index (χ3n) is 5.17. The van der Waals surface area contributed by atoms with Gasteiger partial charge in [-0.2, -0.15) is 0 Å². The first-order valence-corrected chi connectivity index (χ1v) is 9.40. The van der Waals surface area contributed by atoms with Gasteiger partial charge in [-0.25, -0.2) is 0 Å². The summed E-state index contributed by atoms with van der Waals surface area (Å²) in [7, 11) is 0. The van der Waals surface area contributed by atoms with Crippen LogP contribution in [-0.4, -0.2) is 32.9 Å². The molecular formula is C21H21BrN4O4. The SMILES string of the molecule is Br.O=c1[nH]c2cc([N+](=O)[O-])cc(CN3CCC(=Cc4ccccc4)CC3)c2[nH]c1=O. The molecule has 0 aliphatic carbocycles. The Morgan fingerprint density at radius 3 is 2.37 bits per heavy atom. The Morgan fingerprint density at radius 1 is 1.03 bits per heavy atom. The molecule has 0 radical (unpaired) electrons. The van der Waals surface area contributed by atoms with Crippen molar-refractivity contribution in [2.24, 2.45) is 0 Å². The number of likely N-dealkylation sites (tertiary alicyclic amines) is 1. The lowest BCUT2D eigenvalue weighted by Gasteiger charge is -2.28. The van der Waals surface area contributed by atoms with Crippen molar-refractivity contribution in [3.05, 3.63) is 90.0 Å². The number of aromatic amines is 2. The number of H-pyrrole nitrogens is 2. The molecule has 1 aliphatic heterocycles. The summed E-state index contributed by atoms with van der Waals surface area (Å²) in [5, 5.41) is 11.3. The molecule has 0 saturated carbocycles. The molecular weight excluding hydrogens is 452 g/mol.